The molecular formula is C22H23N3. The number of aromatic amines is 1. The van der Waals surface area contributed by atoms with Crippen LogP contribution in [0.25, 0.3) is 11.0 Å². The molecule has 126 valence electrons. The molecule has 2 N–H and O–H groups in total. The van der Waals surface area contributed by atoms with Gasteiger partial charge in [-0.05, 0) is 37.0 Å². The van der Waals surface area contributed by atoms with Crippen LogP contribution in [0.3, 0.4) is 0 Å². The maximum Gasteiger partial charge on any atom is 0.139 e. The second kappa shape index (κ2) is 7.03. The van der Waals surface area contributed by atoms with Crippen molar-refractivity contribution in [2.24, 2.45) is 5.92 Å². The zero-order valence-electron chi connectivity index (χ0n) is 14.5. The molecule has 1 fully saturated rings. The predicted molar refractivity (Wildman–Crippen MR) is 104 cm³/mol. The third-order valence-electron chi connectivity index (χ3n) is 5.14. The average Bonchev–Trinajstić information content (AvgIpc) is 3.13. The molecule has 1 saturated carbocycles. The summed E-state index contributed by atoms with van der Waals surface area (Å²) >= 11 is 0. The first-order valence-electron chi connectivity index (χ1n) is 9.11. The van der Waals surface area contributed by atoms with E-state index in [4.69, 9.17) is 0 Å². The molecule has 3 aromatic rings. The Hall–Kier alpha value is -2.73. The fraction of sp³-hybridized carbons (Fsp3) is 0.318. The van der Waals surface area contributed by atoms with E-state index in [0.29, 0.717) is 12.0 Å². The highest BCUT2D eigenvalue weighted by molar-refractivity contribution is 5.92. The minimum atomic E-state index is 0.506. The van der Waals surface area contributed by atoms with Crippen LogP contribution in [-0.2, 0) is 0 Å². The van der Waals surface area contributed by atoms with Crippen molar-refractivity contribution >= 4 is 16.7 Å². The van der Waals surface area contributed by atoms with Crippen molar-refractivity contribution in [3.63, 3.8) is 0 Å². The third-order valence-corrected chi connectivity index (χ3v) is 5.14. The van der Waals surface area contributed by atoms with Gasteiger partial charge in [-0.25, -0.2) is 4.98 Å². The van der Waals surface area contributed by atoms with Gasteiger partial charge in [0.05, 0.1) is 11.3 Å². The van der Waals surface area contributed by atoms with Gasteiger partial charge in [0, 0.05) is 29.4 Å². The maximum absolute atomic E-state index is 4.53. The second-order valence-electron chi connectivity index (χ2n) is 6.92. The minimum Gasteiger partial charge on any atom is -0.380 e. The van der Waals surface area contributed by atoms with Gasteiger partial charge in [0.1, 0.15) is 5.65 Å². The van der Waals surface area contributed by atoms with E-state index in [0.717, 1.165) is 27.8 Å². The molecular weight excluding hydrogens is 306 g/mol. The number of aromatic nitrogens is 2. The summed E-state index contributed by atoms with van der Waals surface area (Å²) in [5, 5.41) is 4.92. The van der Waals surface area contributed by atoms with E-state index in [-0.39, 0.29) is 0 Å². The zero-order chi connectivity index (χ0) is 17.1. The number of fused-ring (bicyclic) bond motifs is 1. The Kier molecular flexibility index (Phi) is 4.43. The van der Waals surface area contributed by atoms with E-state index in [1.165, 1.54) is 25.7 Å². The number of H-pyrrole nitrogens is 1. The Labute approximate surface area is 148 Å². The lowest BCUT2D eigenvalue weighted by molar-refractivity contribution is 0.349. The lowest BCUT2D eigenvalue weighted by Gasteiger charge is -2.31. The van der Waals surface area contributed by atoms with E-state index < -0.39 is 0 Å². The van der Waals surface area contributed by atoms with Gasteiger partial charge in [-0.15, -0.1) is 0 Å². The van der Waals surface area contributed by atoms with Crippen molar-refractivity contribution in [3.8, 4) is 11.8 Å². The molecule has 0 bridgehead atoms. The van der Waals surface area contributed by atoms with E-state index in [1.807, 2.05) is 42.7 Å². The highest BCUT2D eigenvalue weighted by Crippen LogP contribution is 2.31. The monoisotopic (exact) mass is 329 g/mol. The van der Waals surface area contributed by atoms with Crippen LogP contribution >= 0.6 is 0 Å². The summed E-state index contributed by atoms with van der Waals surface area (Å²) in [6, 6.07) is 12.7. The first-order chi connectivity index (χ1) is 12.3. The highest BCUT2D eigenvalue weighted by Gasteiger charge is 2.22. The summed E-state index contributed by atoms with van der Waals surface area (Å²) in [7, 11) is 0. The molecule has 0 saturated heterocycles. The average molecular weight is 329 g/mol. The molecule has 2 aromatic heterocycles. The molecule has 0 radical (unpaired) electrons. The summed E-state index contributed by atoms with van der Waals surface area (Å²) in [5.41, 5.74) is 4.02. The minimum absolute atomic E-state index is 0.506. The highest BCUT2D eigenvalue weighted by atomic mass is 15.0. The Morgan fingerprint density at radius 1 is 1.08 bits per heavy atom. The van der Waals surface area contributed by atoms with Crippen molar-refractivity contribution < 1.29 is 0 Å². The van der Waals surface area contributed by atoms with Crippen molar-refractivity contribution in [2.75, 3.05) is 5.32 Å². The second-order valence-corrected chi connectivity index (χ2v) is 6.92. The first kappa shape index (κ1) is 15.8. The van der Waals surface area contributed by atoms with Crippen LogP contribution in [0, 0.1) is 17.8 Å². The zero-order valence-corrected chi connectivity index (χ0v) is 14.5. The normalized spacial score (nSPS) is 20.0. The smallest absolute Gasteiger partial charge is 0.139 e. The molecule has 2 heterocycles. The van der Waals surface area contributed by atoms with Gasteiger partial charge >= 0.3 is 0 Å². The Bertz CT molecular complexity index is 915. The molecule has 1 aliphatic carbocycles. The number of rotatable bonds is 2. The fourth-order valence-corrected chi connectivity index (χ4v) is 3.64. The van der Waals surface area contributed by atoms with Gasteiger partial charge in [0.25, 0.3) is 0 Å². The molecule has 1 aromatic carbocycles. The topological polar surface area (TPSA) is 40.7 Å². The van der Waals surface area contributed by atoms with Crippen molar-refractivity contribution in [3.05, 3.63) is 59.9 Å². The SMILES string of the molecule is C[C@@H]1CCCCC1Nc1c(C#Cc2ccccc2)cnc2[nH]ccc12. The van der Waals surface area contributed by atoms with Crippen LogP contribution in [0.5, 0.6) is 0 Å². The molecule has 0 amide bonds. The van der Waals surface area contributed by atoms with Crippen molar-refractivity contribution in [2.45, 2.75) is 38.6 Å². The largest absolute Gasteiger partial charge is 0.380 e. The lowest BCUT2D eigenvalue weighted by Crippen LogP contribution is -2.30. The Morgan fingerprint density at radius 2 is 1.92 bits per heavy atom. The number of hydrogen-bond acceptors (Lipinski definition) is 2. The Morgan fingerprint density at radius 3 is 2.76 bits per heavy atom. The molecule has 1 unspecified atom stereocenters. The van der Waals surface area contributed by atoms with E-state index in [9.17, 15) is 0 Å². The number of anilines is 1. The molecule has 0 spiro atoms. The number of nitrogens with zero attached hydrogens (tertiary/aromatic N) is 1. The molecule has 4 rings (SSSR count). The van der Waals surface area contributed by atoms with Crippen LogP contribution in [0.2, 0.25) is 0 Å². The molecule has 25 heavy (non-hydrogen) atoms. The molecule has 3 heteroatoms. The van der Waals surface area contributed by atoms with E-state index in [2.05, 4.69) is 40.1 Å². The molecule has 2 atom stereocenters. The number of hydrogen-bond donors (Lipinski definition) is 2. The summed E-state index contributed by atoms with van der Waals surface area (Å²) in [6.45, 7) is 2.35. The van der Waals surface area contributed by atoms with E-state index >= 15 is 0 Å². The van der Waals surface area contributed by atoms with Crippen LogP contribution < -0.4 is 5.32 Å². The number of pyridine rings is 1. The fourth-order valence-electron chi connectivity index (χ4n) is 3.64. The number of benzene rings is 1. The molecule has 3 nitrogen and oxygen atoms in total. The molecule has 0 aliphatic heterocycles. The quantitative estimate of drug-likeness (QED) is 0.653. The maximum atomic E-state index is 4.53. The van der Waals surface area contributed by atoms with Crippen LogP contribution in [-0.4, -0.2) is 16.0 Å². The summed E-state index contributed by atoms with van der Waals surface area (Å²) in [5.74, 6) is 7.28. The van der Waals surface area contributed by atoms with Crippen LogP contribution in [0.1, 0.15) is 43.7 Å². The third kappa shape index (κ3) is 3.39. The summed E-state index contributed by atoms with van der Waals surface area (Å²) < 4.78 is 0. The van der Waals surface area contributed by atoms with Crippen molar-refractivity contribution in [1.29, 1.82) is 0 Å². The van der Waals surface area contributed by atoms with Crippen LogP contribution in [0.15, 0.2) is 48.8 Å². The number of nitrogens with one attached hydrogen (secondary N) is 2. The van der Waals surface area contributed by atoms with Gasteiger partial charge in [0.15, 0.2) is 0 Å². The van der Waals surface area contributed by atoms with Crippen LogP contribution in [0.4, 0.5) is 5.69 Å². The molecule has 1 aliphatic rings. The van der Waals surface area contributed by atoms with Gasteiger partial charge in [-0.3, -0.25) is 0 Å². The predicted octanol–water partition coefficient (Wildman–Crippen LogP) is 4.95. The standard InChI is InChI=1S/C22H23N3/c1-16-7-5-6-10-20(16)25-21-18(12-11-17-8-3-2-4-9-17)15-24-22-19(21)13-14-23-22/h2-4,8-9,13-16,20H,5-7,10H2,1H3,(H2,23,24,25)/t16-,20?/m1/s1. The van der Waals surface area contributed by atoms with Gasteiger partial charge in [-0.2, -0.15) is 0 Å². The Balaban J connectivity index is 1.72. The summed E-state index contributed by atoms with van der Waals surface area (Å²) in [6.07, 6.45) is 8.99. The van der Waals surface area contributed by atoms with Crippen molar-refractivity contribution in [1.82, 2.24) is 9.97 Å². The van der Waals surface area contributed by atoms with E-state index in [1.54, 1.807) is 0 Å². The van der Waals surface area contributed by atoms with Gasteiger partial charge < -0.3 is 10.3 Å². The van der Waals surface area contributed by atoms with Gasteiger partial charge in [0.2, 0.25) is 0 Å². The lowest BCUT2D eigenvalue weighted by atomic mass is 9.85. The first-order valence-corrected chi connectivity index (χ1v) is 9.11. The van der Waals surface area contributed by atoms with Gasteiger partial charge in [-0.1, -0.05) is 49.8 Å². The summed E-state index contributed by atoms with van der Waals surface area (Å²) in [4.78, 5) is 7.74.